The van der Waals surface area contributed by atoms with Crippen molar-refractivity contribution in [1.29, 1.82) is 0 Å². The Kier molecular flexibility index (Phi) is 4.63. The third-order valence-corrected chi connectivity index (χ3v) is 5.32. The Morgan fingerprint density at radius 1 is 1.25 bits per heavy atom. The minimum Gasteiger partial charge on any atom is -0.353 e. The molecule has 2 atom stereocenters. The Morgan fingerprint density at radius 2 is 2.10 bits per heavy atom. The number of hydrogen-bond acceptors (Lipinski definition) is 3. The van der Waals surface area contributed by atoms with Gasteiger partial charge in [-0.1, -0.05) is 18.2 Å². The number of amides is 1. The van der Waals surface area contributed by atoms with Gasteiger partial charge in [0.25, 0.3) is 0 Å². The number of benzene rings is 1. The first kappa shape index (κ1) is 14.0. The van der Waals surface area contributed by atoms with Gasteiger partial charge in [0.15, 0.2) is 0 Å². The molecule has 3 nitrogen and oxygen atoms in total. The van der Waals surface area contributed by atoms with Crippen LogP contribution in [0.15, 0.2) is 35.2 Å². The average Bonchev–Trinajstić information content (AvgIpc) is 2.48. The molecule has 2 saturated heterocycles. The fourth-order valence-electron chi connectivity index (χ4n) is 3.20. The van der Waals surface area contributed by atoms with Gasteiger partial charge >= 0.3 is 0 Å². The van der Waals surface area contributed by atoms with E-state index in [0.717, 1.165) is 38.2 Å². The van der Waals surface area contributed by atoms with Crippen LogP contribution in [0.5, 0.6) is 0 Å². The van der Waals surface area contributed by atoms with Crippen LogP contribution in [-0.2, 0) is 4.79 Å². The molecular formula is C16H22N2OS. The standard InChI is InChI=1S/C16H22N2OS/c19-16-7-6-13-12-18(9-8-15(13)17-16)10-11-20-14-4-2-1-3-5-14/h1-5,13,15H,6-12H2,(H,17,19). The van der Waals surface area contributed by atoms with Gasteiger partial charge in [-0.3, -0.25) is 4.79 Å². The molecule has 0 saturated carbocycles. The van der Waals surface area contributed by atoms with Crippen LogP contribution in [0.3, 0.4) is 0 Å². The molecule has 2 aliphatic heterocycles. The number of fused-ring (bicyclic) bond motifs is 1. The van der Waals surface area contributed by atoms with Crippen LogP contribution in [-0.4, -0.2) is 42.2 Å². The third-order valence-electron chi connectivity index (χ3n) is 4.33. The second-order valence-corrected chi connectivity index (χ2v) is 6.89. The Labute approximate surface area is 125 Å². The minimum atomic E-state index is 0.249. The zero-order valence-electron chi connectivity index (χ0n) is 11.8. The molecule has 2 heterocycles. The van der Waals surface area contributed by atoms with E-state index in [1.165, 1.54) is 4.90 Å². The summed E-state index contributed by atoms with van der Waals surface area (Å²) in [5.74, 6) is 2.07. The maximum atomic E-state index is 11.4. The lowest BCUT2D eigenvalue weighted by atomic mass is 9.85. The zero-order chi connectivity index (χ0) is 13.8. The van der Waals surface area contributed by atoms with Crippen molar-refractivity contribution in [2.75, 3.05) is 25.4 Å². The van der Waals surface area contributed by atoms with Crippen molar-refractivity contribution in [3.05, 3.63) is 30.3 Å². The summed E-state index contributed by atoms with van der Waals surface area (Å²) < 4.78 is 0. The molecule has 2 aliphatic rings. The predicted octanol–water partition coefficient (Wildman–Crippen LogP) is 2.38. The van der Waals surface area contributed by atoms with Crippen LogP contribution in [0, 0.1) is 5.92 Å². The first-order chi connectivity index (χ1) is 9.81. The number of piperidine rings is 2. The molecule has 1 amide bonds. The number of carbonyl (C=O) groups is 1. The Bertz CT molecular complexity index is 451. The molecule has 3 rings (SSSR count). The Balaban J connectivity index is 1.42. The number of nitrogens with zero attached hydrogens (tertiary/aromatic N) is 1. The van der Waals surface area contributed by atoms with Gasteiger partial charge < -0.3 is 10.2 Å². The molecular weight excluding hydrogens is 268 g/mol. The van der Waals surface area contributed by atoms with Crippen LogP contribution in [0.2, 0.25) is 0 Å². The molecule has 1 aromatic carbocycles. The number of rotatable bonds is 4. The number of likely N-dealkylation sites (tertiary alicyclic amines) is 1. The summed E-state index contributed by atoms with van der Waals surface area (Å²) in [6.45, 7) is 3.42. The molecule has 108 valence electrons. The molecule has 4 heteroatoms. The smallest absolute Gasteiger partial charge is 0.220 e. The number of nitrogens with one attached hydrogen (secondary N) is 1. The van der Waals surface area contributed by atoms with Gasteiger partial charge in [0.05, 0.1) is 0 Å². The Hall–Kier alpha value is -1.00. The zero-order valence-corrected chi connectivity index (χ0v) is 12.6. The lowest BCUT2D eigenvalue weighted by Crippen LogP contribution is -2.54. The van der Waals surface area contributed by atoms with Gasteiger partial charge in [0.1, 0.15) is 0 Å². The normalized spacial score (nSPS) is 26.9. The quantitative estimate of drug-likeness (QED) is 0.864. The van der Waals surface area contributed by atoms with Gasteiger partial charge in [0, 0.05) is 42.7 Å². The lowest BCUT2D eigenvalue weighted by molar-refractivity contribution is -0.125. The molecule has 0 aromatic heterocycles. The van der Waals surface area contributed by atoms with Crippen molar-refractivity contribution in [3.8, 4) is 0 Å². The van der Waals surface area contributed by atoms with Crippen LogP contribution in [0.4, 0.5) is 0 Å². The van der Waals surface area contributed by atoms with Gasteiger partial charge in [-0.25, -0.2) is 0 Å². The monoisotopic (exact) mass is 290 g/mol. The summed E-state index contributed by atoms with van der Waals surface area (Å²) in [6.07, 6.45) is 2.90. The molecule has 2 fully saturated rings. The highest BCUT2D eigenvalue weighted by Crippen LogP contribution is 2.26. The van der Waals surface area contributed by atoms with Crippen molar-refractivity contribution in [1.82, 2.24) is 10.2 Å². The van der Waals surface area contributed by atoms with Crippen molar-refractivity contribution < 1.29 is 4.79 Å². The summed E-state index contributed by atoms with van der Waals surface area (Å²) in [7, 11) is 0. The number of thioether (sulfide) groups is 1. The van der Waals surface area contributed by atoms with Gasteiger partial charge in [-0.15, -0.1) is 11.8 Å². The molecule has 0 bridgehead atoms. The highest BCUT2D eigenvalue weighted by Gasteiger charge is 2.33. The van der Waals surface area contributed by atoms with E-state index in [1.54, 1.807) is 0 Å². The van der Waals surface area contributed by atoms with E-state index in [0.29, 0.717) is 18.4 Å². The van der Waals surface area contributed by atoms with Crippen molar-refractivity contribution in [2.45, 2.75) is 30.2 Å². The second kappa shape index (κ2) is 6.64. The van der Waals surface area contributed by atoms with Crippen LogP contribution >= 0.6 is 11.8 Å². The maximum Gasteiger partial charge on any atom is 0.220 e. The lowest BCUT2D eigenvalue weighted by Gasteiger charge is -2.41. The predicted molar refractivity (Wildman–Crippen MR) is 82.9 cm³/mol. The van der Waals surface area contributed by atoms with Crippen LogP contribution in [0.1, 0.15) is 19.3 Å². The Morgan fingerprint density at radius 3 is 2.95 bits per heavy atom. The average molecular weight is 290 g/mol. The van der Waals surface area contributed by atoms with E-state index in [1.807, 2.05) is 11.8 Å². The minimum absolute atomic E-state index is 0.249. The highest BCUT2D eigenvalue weighted by atomic mass is 32.2. The van der Waals surface area contributed by atoms with Crippen molar-refractivity contribution >= 4 is 17.7 Å². The van der Waals surface area contributed by atoms with Gasteiger partial charge in [-0.05, 0) is 30.9 Å². The molecule has 1 N–H and O–H groups in total. The molecule has 20 heavy (non-hydrogen) atoms. The van der Waals surface area contributed by atoms with Crippen molar-refractivity contribution in [2.24, 2.45) is 5.92 Å². The SMILES string of the molecule is O=C1CCC2CN(CCSc3ccccc3)CCC2N1. The largest absolute Gasteiger partial charge is 0.353 e. The topological polar surface area (TPSA) is 32.3 Å². The summed E-state index contributed by atoms with van der Waals surface area (Å²) in [5.41, 5.74) is 0. The summed E-state index contributed by atoms with van der Waals surface area (Å²) in [6, 6.07) is 11.0. The van der Waals surface area contributed by atoms with E-state index in [2.05, 4.69) is 40.5 Å². The van der Waals surface area contributed by atoms with E-state index >= 15 is 0 Å². The summed E-state index contributed by atoms with van der Waals surface area (Å²) >= 11 is 1.93. The third kappa shape index (κ3) is 3.55. The maximum absolute atomic E-state index is 11.4. The fraction of sp³-hybridized carbons (Fsp3) is 0.562. The van der Waals surface area contributed by atoms with Crippen molar-refractivity contribution in [3.63, 3.8) is 0 Å². The van der Waals surface area contributed by atoms with Crippen LogP contribution in [0.25, 0.3) is 0 Å². The fourth-order valence-corrected chi connectivity index (χ4v) is 4.13. The number of hydrogen-bond donors (Lipinski definition) is 1. The van der Waals surface area contributed by atoms with E-state index < -0.39 is 0 Å². The van der Waals surface area contributed by atoms with E-state index in [9.17, 15) is 4.79 Å². The molecule has 0 spiro atoms. The van der Waals surface area contributed by atoms with Gasteiger partial charge in [0.2, 0.25) is 5.91 Å². The molecule has 1 aromatic rings. The molecule has 0 radical (unpaired) electrons. The summed E-state index contributed by atoms with van der Waals surface area (Å²) in [5, 5.41) is 3.15. The molecule has 0 aliphatic carbocycles. The molecule has 2 unspecified atom stereocenters. The summed E-state index contributed by atoms with van der Waals surface area (Å²) in [4.78, 5) is 15.3. The highest BCUT2D eigenvalue weighted by molar-refractivity contribution is 7.99. The first-order valence-corrected chi connectivity index (χ1v) is 8.49. The first-order valence-electron chi connectivity index (χ1n) is 7.51. The van der Waals surface area contributed by atoms with E-state index in [4.69, 9.17) is 0 Å². The van der Waals surface area contributed by atoms with Crippen LogP contribution < -0.4 is 5.32 Å². The van der Waals surface area contributed by atoms with Gasteiger partial charge in [-0.2, -0.15) is 0 Å². The number of carbonyl (C=O) groups excluding carboxylic acids is 1. The van der Waals surface area contributed by atoms with E-state index in [-0.39, 0.29) is 5.91 Å². The second-order valence-electron chi connectivity index (χ2n) is 5.72.